The van der Waals surface area contributed by atoms with Gasteiger partial charge in [0.25, 0.3) is 5.91 Å². The van der Waals surface area contributed by atoms with Crippen LogP contribution in [0.2, 0.25) is 0 Å². The number of rotatable bonds is 7. The molecular weight excluding hydrogens is 561 g/mol. The molecule has 1 fully saturated rings. The number of amides is 1. The van der Waals surface area contributed by atoms with Crippen molar-refractivity contribution in [2.45, 2.75) is 32.1 Å². The summed E-state index contributed by atoms with van der Waals surface area (Å²) in [5, 5.41) is 14.3. The maximum atomic E-state index is 14.3. The van der Waals surface area contributed by atoms with Gasteiger partial charge in [-0.2, -0.15) is 18.3 Å². The van der Waals surface area contributed by atoms with E-state index in [1.807, 2.05) is 50.2 Å². The Balaban J connectivity index is 1.46. The Kier molecular flexibility index (Phi) is 8.35. The number of aromatic nitrogens is 3. The van der Waals surface area contributed by atoms with Gasteiger partial charge in [0, 0.05) is 56.6 Å². The van der Waals surface area contributed by atoms with Crippen LogP contribution < -0.4 is 9.64 Å². The number of hydrogen-bond acceptors (Lipinski definition) is 7. The van der Waals surface area contributed by atoms with Gasteiger partial charge in [-0.3, -0.25) is 9.69 Å². The fourth-order valence-corrected chi connectivity index (χ4v) is 5.75. The number of halogens is 3. The Morgan fingerprint density at radius 1 is 1.16 bits per heavy atom. The van der Waals surface area contributed by atoms with E-state index in [1.54, 1.807) is 29.2 Å². The number of aliphatic hydroxyl groups is 1. The van der Waals surface area contributed by atoms with E-state index in [4.69, 9.17) is 4.74 Å². The van der Waals surface area contributed by atoms with Crippen LogP contribution in [0.15, 0.2) is 54.7 Å². The summed E-state index contributed by atoms with van der Waals surface area (Å²) in [6.07, 6.45) is -3.57. The molecule has 2 aromatic heterocycles. The van der Waals surface area contributed by atoms with Gasteiger partial charge in [-0.15, -0.1) is 0 Å². The van der Waals surface area contributed by atoms with Crippen LogP contribution in [-0.2, 0) is 6.18 Å². The van der Waals surface area contributed by atoms with Crippen LogP contribution in [0.3, 0.4) is 0 Å². The summed E-state index contributed by atoms with van der Waals surface area (Å²) in [6.45, 7) is 4.42. The Morgan fingerprint density at radius 3 is 2.49 bits per heavy atom. The Hall–Kier alpha value is -4.16. The molecule has 2 atom stereocenters. The number of hydrogen-bond donors (Lipinski definition) is 1. The van der Waals surface area contributed by atoms with Gasteiger partial charge in [0.15, 0.2) is 11.3 Å². The molecule has 1 N–H and O–H groups in total. The first-order valence-corrected chi connectivity index (χ1v) is 14.0. The van der Waals surface area contributed by atoms with Crippen molar-refractivity contribution >= 4 is 17.2 Å². The van der Waals surface area contributed by atoms with E-state index in [0.29, 0.717) is 30.9 Å². The number of piperazine rings is 1. The van der Waals surface area contributed by atoms with E-state index < -0.39 is 17.8 Å². The number of aliphatic hydroxyl groups excluding tert-OH is 1. The van der Waals surface area contributed by atoms with Crippen LogP contribution in [0.1, 0.15) is 40.1 Å². The quantitative estimate of drug-likeness (QED) is 0.332. The summed E-state index contributed by atoms with van der Waals surface area (Å²) >= 11 is 0. The van der Waals surface area contributed by atoms with Gasteiger partial charge >= 0.3 is 6.18 Å². The predicted octanol–water partition coefficient (Wildman–Crippen LogP) is 4.68. The molecule has 43 heavy (non-hydrogen) atoms. The number of anilines is 1. The van der Waals surface area contributed by atoms with Crippen LogP contribution in [0, 0.1) is 6.92 Å². The second kappa shape index (κ2) is 11.8. The van der Waals surface area contributed by atoms with Gasteiger partial charge in [-0.05, 0) is 55.8 Å². The molecule has 228 valence electrons. The first kappa shape index (κ1) is 30.3. The smallest absolute Gasteiger partial charge is 0.433 e. The molecule has 9 nitrogen and oxygen atoms in total. The molecule has 12 heteroatoms. The zero-order chi connectivity index (χ0) is 31.1. The van der Waals surface area contributed by atoms with Crippen LogP contribution >= 0.6 is 0 Å². The van der Waals surface area contributed by atoms with Crippen molar-refractivity contribution in [2.75, 3.05) is 52.3 Å². The molecule has 1 amide bonds. The Bertz CT molecular complexity index is 1620. The van der Waals surface area contributed by atoms with Crippen molar-refractivity contribution in [3.8, 4) is 17.0 Å². The molecular formula is C31H35F3N6O3. The number of ether oxygens (including phenoxy) is 1. The maximum Gasteiger partial charge on any atom is 0.433 e. The van der Waals surface area contributed by atoms with E-state index >= 15 is 0 Å². The largest absolute Gasteiger partial charge is 0.497 e. The maximum absolute atomic E-state index is 14.3. The minimum atomic E-state index is -4.74. The highest BCUT2D eigenvalue weighted by Gasteiger charge is 2.39. The van der Waals surface area contributed by atoms with E-state index in [1.165, 1.54) is 20.2 Å². The fourth-order valence-electron chi connectivity index (χ4n) is 5.75. The van der Waals surface area contributed by atoms with Crippen LogP contribution in [0.5, 0.6) is 5.75 Å². The molecule has 0 bridgehead atoms. The van der Waals surface area contributed by atoms with Crippen molar-refractivity contribution < 1.29 is 27.8 Å². The standard InChI is InChI=1S/C31H35F3N6O3/c1-19-17-38(26(18-41)22-7-6-8-23(15-22)37(3)4)13-14-39(19)30(42)25-16-35-40-28(31(32,33)34)20(2)27(36-29(25)40)21-9-11-24(43-5)12-10-21/h6-12,15-16,19,26,41H,13-14,17-18H2,1-5H3/t19-,26?/m1/s1. The van der Waals surface area contributed by atoms with Crippen LogP contribution in [-0.4, -0.2) is 88.9 Å². The lowest BCUT2D eigenvalue weighted by atomic mass is 10.0. The molecule has 0 spiro atoms. The van der Waals surface area contributed by atoms with Crippen molar-refractivity contribution in [1.82, 2.24) is 24.4 Å². The number of nitrogens with zero attached hydrogens (tertiary/aromatic N) is 6. The SMILES string of the molecule is COc1ccc(-c2nc3c(C(=O)N4CCN(C(CO)c5cccc(N(C)C)c5)C[C@H]4C)cnn3c(C(F)(F)F)c2C)cc1. The van der Waals surface area contributed by atoms with E-state index in [-0.39, 0.29) is 41.2 Å². The third-order valence-corrected chi connectivity index (χ3v) is 8.05. The number of methoxy groups -OCH3 is 1. The van der Waals surface area contributed by atoms with E-state index in [9.17, 15) is 23.1 Å². The van der Waals surface area contributed by atoms with Gasteiger partial charge in [0.1, 0.15) is 11.3 Å². The number of fused-ring (bicyclic) bond motifs is 1. The molecule has 1 unspecified atom stereocenters. The normalized spacial score (nSPS) is 16.9. The summed E-state index contributed by atoms with van der Waals surface area (Å²) in [7, 11) is 5.41. The molecule has 1 aliphatic heterocycles. The highest BCUT2D eigenvalue weighted by Crippen LogP contribution is 2.37. The predicted molar refractivity (Wildman–Crippen MR) is 157 cm³/mol. The number of carbonyl (C=O) groups is 1. The fraction of sp³-hybridized carbons (Fsp3) is 0.387. The third-order valence-electron chi connectivity index (χ3n) is 8.05. The summed E-state index contributed by atoms with van der Waals surface area (Å²) in [6, 6.07) is 14.0. The van der Waals surface area contributed by atoms with Crippen molar-refractivity contribution in [3.63, 3.8) is 0 Å². The summed E-state index contributed by atoms with van der Waals surface area (Å²) in [5.74, 6) is 0.114. The Labute approximate surface area is 248 Å². The summed E-state index contributed by atoms with van der Waals surface area (Å²) in [5.41, 5.74) is 1.32. The monoisotopic (exact) mass is 596 g/mol. The van der Waals surface area contributed by atoms with E-state index in [0.717, 1.165) is 15.8 Å². The van der Waals surface area contributed by atoms with Crippen LogP contribution in [0.4, 0.5) is 18.9 Å². The van der Waals surface area contributed by atoms with Crippen molar-refractivity contribution in [3.05, 3.63) is 77.1 Å². The van der Waals surface area contributed by atoms with Crippen molar-refractivity contribution in [1.29, 1.82) is 0 Å². The highest BCUT2D eigenvalue weighted by molar-refractivity contribution is 6.00. The lowest BCUT2D eigenvalue weighted by molar-refractivity contribution is -0.143. The molecule has 0 radical (unpaired) electrons. The highest BCUT2D eigenvalue weighted by atomic mass is 19.4. The second-order valence-electron chi connectivity index (χ2n) is 11.0. The number of carbonyl (C=O) groups excluding carboxylic acids is 1. The van der Waals surface area contributed by atoms with E-state index in [2.05, 4.69) is 15.0 Å². The van der Waals surface area contributed by atoms with Gasteiger partial charge in [0.2, 0.25) is 0 Å². The zero-order valence-electron chi connectivity index (χ0n) is 24.8. The molecule has 3 heterocycles. The number of benzene rings is 2. The molecule has 4 aromatic rings. The van der Waals surface area contributed by atoms with Gasteiger partial charge in [0.05, 0.1) is 31.6 Å². The Morgan fingerprint density at radius 2 is 1.88 bits per heavy atom. The molecule has 2 aromatic carbocycles. The third kappa shape index (κ3) is 5.76. The van der Waals surface area contributed by atoms with Gasteiger partial charge in [-0.1, -0.05) is 12.1 Å². The molecule has 0 saturated carbocycles. The lowest BCUT2D eigenvalue weighted by Crippen LogP contribution is -2.55. The van der Waals surface area contributed by atoms with Crippen molar-refractivity contribution in [2.24, 2.45) is 0 Å². The zero-order valence-corrected chi connectivity index (χ0v) is 24.8. The minimum Gasteiger partial charge on any atom is -0.497 e. The van der Waals surface area contributed by atoms with Gasteiger partial charge in [-0.25, -0.2) is 9.50 Å². The second-order valence-corrected chi connectivity index (χ2v) is 11.0. The summed E-state index contributed by atoms with van der Waals surface area (Å²) < 4.78 is 48.9. The molecule has 0 aliphatic carbocycles. The lowest BCUT2D eigenvalue weighted by Gasteiger charge is -2.43. The minimum absolute atomic E-state index is 0.00189. The first-order valence-electron chi connectivity index (χ1n) is 14.0. The average molecular weight is 597 g/mol. The topological polar surface area (TPSA) is 86.4 Å². The first-order chi connectivity index (χ1) is 20.4. The molecule has 1 aliphatic rings. The van der Waals surface area contributed by atoms with Crippen LogP contribution in [0.25, 0.3) is 16.9 Å². The molecule has 5 rings (SSSR count). The summed E-state index contributed by atoms with van der Waals surface area (Å²) in [4.78, 5) is 24.2. The van der Waals surface area contributed by atoms with Gasteiger partial charge < -0.3 is 19.6 Å². The number of alkyl halides is 3. The average Bonchev–Trinajstić information content (AvgIpc) is 3.39. The molecule has 1 saturated heterocycles.